The molecule has 0 unspecified atom stereocenters. The number of hydrogen-bond acceptors (Lipinski definition) is 3. The van der Waals surface area contributed by atoms with Gasteiger partial charge in [-0.05, 0) is 61.7 Å². The highest BCUT2D eigenvalue weighted by atomic mass is 35.5. The van der Waals surface area contributed by atoms with Gasteiger partial charge < -0.3 is 14.8 Å². The monoisotopic (exact) mass is 383 g/mol. The third-order valence-corrected chi connectivity index (χ3v) is 5.23. The average Bonchev–Trinajstić information content (AvgIpc) is 2.64. The van der Waals surface area contributed by atoms with Gasteiger partial charge in [-0.1, -0.05) is 23.8 Å². The predicted molar refractivity (Wildman–Crippen MR) is 112 cm³/mol. The Balaban J connectivity index is 2.59. The van der Waals surface area contributed by atoms with Gasteiger partial charge in [0.05, 0.1) is 13.7 Å². The van der Waals surface area contributed by atoms with E-state index in [9.17, 15) is 9.90 Å². The van der Waals surface area contributed by atoms with Gasteiger partial charge in [0.2, 0.25) is 0 Å². The number of hydrogen-bond donors (Lipinski definition) is 2. The van der Waals surface area contributed by atoms with Gasteiger partial charge in [-0.15, -0.1) is 0 Å². The molecule has 0 bridgehead atoms. The number of H-pyrrole nitrogens is 1. The van der Waals surface area contributed by atoms with Gasteiger partial charge in [0.25, 0.3) is 5.56 Å². The fourth-order valence-electron chi connectivity index (χ4n) is 3.43. The van der Waals surface area contributed by atoms with E-state index < -0.39 is 0 Å². The Morgan fingerprint density at radius 1 is 1.19 bits per heavy atom. The average molecular weight is 384 g/mol. The molecular formula is C22H22ClNO3. The highest BCUT2D eigenvalue weighted by molar-refractivity contribution is 6.31. The van der Waals surface area contributed by atoms with Crippen LogP contribution in [0.15, 0.2) is 35.1 Å². The fourth-order valence-corrected chi connectivity index (χ4v) is 3.60. The summed E-state index contributed by atoms with van der Waals surface area (Å²) < 4.78 is 5.55. The smallest absolute Gasteiger partial charge is 0.256 e. The summed E-state index contributed by atoms with van der Waals surface area (Å²) >= 11 is 6.27. The summed E-state index contributed by atoms with van der Waals surface area (Å²) in [5.74, 6) is 0.627. The Hall–Kier alpha value is -2.56. The van der Waals surface area contributed by atoms with E-state index in [2.05, 4.69) is 11.9 Å². The number of aliphatic hydroxyl groups is 1. The summed E-state index contributed by atoms with van der Waals surface area (Å²) in [6.45, 7) is 5.98. The van der Waals surface area contributed by atoms with Crippen LogP contribution < -0.4 is 10.3 Å². The summed E-state index contributed by atoms with van der Waals surface area (Å²) in [5, 5.41) is 10.7. The molecule has 140 valence electrons. The molecule has 0 saturated heterocycles. The number of nitrogens with one attached hydrogen (secondary N) is 1. The number of ether oxygens (including phenoxy) is 1. The van der Waals surface area contributed by atoms with Gasteiger partial charge >= 0.3 is 0 Å². The molecule has 0 spiro atoms. The van der Waals surface area contributed by atoms with Crippen LogP contribution in [-0.4, -0.2) is 23.8 Å². The normalized spacial score (nSPS) is 11.5. The fraction of sp³-hybridized carbons (Fsp3) is 0.227. The van der Waals surface area contributed by atoms with Crippen molar-refractivity contribution in [3.05, 3.63) is 68.0 Å². The molecule has 0 amide bonds. The first-order valence-electron chi connectivity index (χ1n) is 8.67. The molecule has 0 fully saturated rings. The van der Waals surface area contributed by atoms with Gasteiger partial charge in [-0.3, -0.25) is 4.79 Å². The number of rotatable bonds is 4. The SMILES string of the molecule is COc1ccc(Cl)cc1-c1c(/C=C/CO)c(=O)[nH]c2cc(C)c(C)c(C)c12. The lowest BCUT2D eigenvalue weighted by Gasteiger charge is -2.18. The van der Waals surface area contributed by atoms with Crippen molar-refractivity contribution in [2.24, 2.45) is 0 Å². The van der Waals surface area contributed by atoms with Gasteiger partial charge in [0.15, 0.2) is 0 Å². The second-order valence-corrected chi connectivity index (χ2v) is 6.97. The summed E-state index contributed by atoms with van der Waals surface area (Å²) in [6.07, 6.45) is 3.19. The van der Waals surface area contributed by atoms with Crippen molar-refractivity contribution < 1.29 is 9.84 Å². The first kappa shape index (κ1) is 19.2. The lowest BCUT2D eigenvalue weighted by molar-refractivity contribution is 0.343. The Morgan fingerprint density at radius 3 is 2.59 bits per heavy atom. The molecule has 4 nitrogen and oxygen atoms in total. The van der Waals surface area contributed by atoms with E-state index >= 15 is 0 Å². The van der Waals surface area contributed by atoms with Crippen molar-refractivity contribution in [1.29, 1.82) is 0 Å². The number of aromatic nitrogens is 1. The number of pyridine rings is 1. The molecule has 0 saturated carbocycles. The van der Waals surface area contributed by atoms with Crippen molar-refractivity contribution in [3.63, 3.8) is 0 Å². The Kier molecular flexibility index (Phi) is 5.40. The third kappa shape index (κ3) is 3.38. The van der Waals surface area contributed by atoms with Gasteiger partial charge in [-0.2, -0.15) is 0 Å². The largest absolute Gasteiger partial charge is 0.496 e. The second-order valence-electron chi connectivity index (χ2n) is 6.54. The molecule has 2 N–H and O–H groups in total. The molecule has 1 aromatic heterocycles. The number of fused-ring (bicyclic) bond motifs is 1. The van der Waals surface area contributed by atoms with Gasteiger partial charge in [0.1, 0.15) is 5.75 Å². The van der Waals surface area contributed by atoms with E-state index in [0.29, 0.717) is 16.3 Å². The zero-order valence-electron chi connectivity index (χ0n) is 15.8. The molecule has 1 heterocycles. The standard InChI is InChI=1S/C22H22ClNO3/c1-12-10-18-20(14(3)13(12)2)21(16(6-5-9-25)22(26)24-18)17-11-15(23)7-8-19(17)27-4/h5-8,10-11,25H,9H2,1-4H3,(H,24,26)/b6-5+. The molecule has 0 aliphatic carbocycles. The van der Waals surface area contributed by atoms with Crippen molar-refractivity contribution in [3.8, 4) is 16.9 Å². The topological polar surface area (TPSA) is 62.3 Å². The Labute approximate surface area is 163 Å². The van der Waals surface area contributed by atoms with E-state index in [4.69, 9.17) is 16.3 Å². The van der Waals surface area contributed by atoms with Crippen LogP contribution in [0.25, 0.3) is 28.1 Å². The van der Waals surface area contributed by atoms with E-state index in [0.717, 1.165) is 38.7 Å². The van der Waals surface area contributed by atoms with Gasteiger partial charge in [0, 0.05) is 32.6 Å². The van der Waals surface area contributed by atoms with Crippen LogP contribution in [0.2, 0.25) is 5.02 Å². The molecule has 5 heteroatoms. The quantitative estimate of drug-likeness (QED) is 0.681. The van der Waals surface area contributed by atoms with Crippen LogP contribution in [0.1, 0.15) is 22.3 Å². The zero-order chi connectivity index (χ0) is 19.7. The highest BCUT2D eigenvalue weighted by Crippen LogP contribution is 2.40. The minimum atomic E-state index is -0.230. The predicted octanol–water partition coefficient (Wildman–Crippen LogP) is 4.79. The Bertz CT molecular complexity index is 1110. The summed E-state index contributed by atoms with van der Waals surface area (Å²) in [4.78, 5) is 15.8. The maximum absolute atomic E-state index is 12.9. The van der Waals surface area contributed by atoms with E-state index in [-0.39, 0.29) is 12.2 Å². The van der Waals surface area contributed by atoms with Crippen LogP contribution in [0.5, 0.6) is 5.75 Å². The minimum Gasteiger partial charge on any atom is -0.496 e. The van der Waals surface area contributed by atoms with Crippen LogP contribution in [-0.2, 0) is 0 Å². The lowest BCUT2D eigenvalue weighted by atomic mass is 9.89. The Morgan fingerprint density at radius 2 is 1.93 bits per heavy atom. The second kappa shape index (κ2) is 7.59. The van der Waals surface area contributed by atoms with Crippen molar-refractivity contribution >= 4 is 28.6 Å². The zero-order valence-corrected chi connectivity index (χ0v) is 16.6. The van der Waals surface area contributed by atoms with Crippen molar-refractivity contribution in [2.75, 3.05) is 13.7 Å². The minimum absolute atomic E-state index is 0.157. The molecule has 0 aliphatic heterocycles. The van der Waals surface area contributed by atoms with Crippen LogP contribution in [0, 0.1) is 20.8 Å². The molecule has 3 aromatic rings. The van der Waals surface area contributed by atoms with Crippen LogP contribution in [0.3, 0.4) is 0 Å². The van der Waals surface area contributed by atoms with E-state index in [1.54, 1.807) is 37.5 Å². The number of aromatic amines is 1. The number of aliphatic hydroxyl groups excluding tert-OH is 1. The number of aryl methyl sites for hydroxylation is 2. The number of halogens is 1. The van der Waals surface area contributed by atoms with Crippen LogP contribution in [0.4, 0.5) is 0 Å². The third-order valence-electron chi connectivity index (χ3n) is 4.99. The molecule has 2 aromatic carbocycles. The number of methoxy groups -OCH3 is 1. The highest BCUT2D eigenvalue weighted by Gasteiger charge is 2.19. The molecular weight excluding hydrogens is 362 g/mol. The van der Waals surface area contributed by atoms with E-state index in [1.807, 2.05) is 19.9 Å². The van der Waals surface area contributed by atoms with Gasteiger partial charge in [-0.25, -0.2) is 0 Å². The maximum atomic E-state index is 12.9. The summed E-state index contributed by atoms with van der Waals surface area (Å²) in [6, 6.07) is 7.34. The lowest BCUT2D eigenvalue weighted by Crippen LogP contribution is -2.13. The summed E-state index contributed by atoms with van der Waals surface area (Å²) in [7, 11) is 1.59. The molecule has 0 atom stereocenters. The number of benzene rings is 2. The first-order valence-corrected chi connectivity index (χ1v) is 9.05. The maximum Gasteiger partial charge on any atom is 0.256 e. The molecule has 27 heavy (non-hydrogen) atoms. The van der Waals surface area contributed by atoms with Crippen molar-refractivity contribution in [1.82, 2.24) is 4.98 Å². The van der Waals surface area contributed by atoms with Crippen LogP contribution >= 0.6 is 11.6 Å². The summed E-state index contributed by atoms with van der Waals surface area (Å²) in [5.41, 5.74) is 5.83. The molecule has 3 rings (SSSR count). The van der Waals surface area contributed by atoms with E-state index in [1.165, 1.54) is 0 Å². The molecule has 0 radical (unpaired) electrons. The molecule has 0 aliphatic rings. The van der Waals surface area contributed by atoms with Crippen molar-refractivity contribution in [2.45, 2.75) is 20.8 Å². The first-order chi connectivity index (χ1) is 12.9.